The van der Waals surface area contributed by atoms with Crippen molar-refractivity contribution in [2.24, 2.45) is 0 Å². The molecule has 5 nitrogen and oxygen atoms in total. The highest BCUT2D eigenvalue weighted by atomic mass is 35.5. The SMILES string of the molecule is Clc1ccccc1CNc1ncnc2c1C=C(c1ccc(CN3CCNCC3)cc1)C2. The molecule has 5 rings (SSSR count). The van der Waals surface area contributed by atoms with Crippen molar-refractivity contribution in [1.82, 2.24) is 20.2 Å². The maximum Gasteiger partial charge on any atom is 0.137 e. The smallest absolute Gasteiger partial charge is 0.137 e. The molecule has 1 fully saturated rings. The Balaban J connectivity index is 1.29. The minimum atomic E-state index is 0.632. The fourth-order valence-electron chi connectivity index (χ4n) is 4.23. The van der Waals surface area contributed by atoms with Crippen LogP contribution in [-0.2, 0) is 19.5 Å². The van der Waals surface area contributed by atoms with Crippen LogP contribution in [0.3, 0.4) is 0 Å². The van der Waals surface area contributed by atoms with Gasteiger partial charge in [-0.1, -0.05) is 54.1 Å². The molecule has 0 saturated carbocycles. The number of hydrogen-bond acceptors (Lipinski definition) is 5. The standard InChI is InChI=1S/C25H26ClN5/c26-23-4-2-1-3-20(23)15-28-25-22-13-21(14-24(22)29-17-30-25)19-7-5-18(6-8-19)16-31-11-9-27-10-12-31/h1-8,13,17,27H,9-12,14-16H2,(H,28,29,30). The molecule has 0 radical (unpaired) electrons. The van der Waals surface area contributed by atoms with Gasteiger partial charge in [0.2, 0.25) is 0 Å². The van der Waals surface area contributed by atoms with E-state index in [1.54, 1.807) is 6.33 Å². The highest BCUT2D eigenvalue weighted by molar-refractivity contribution is 6.31. The van der Waals surface area contributed by atoms with Crippen molar-refractivity contribution in [3.05, 3.63) is 87.8 Å². The lowest BCUT2D eigenvalue weighted by atomic mass is 10.0. The first-order valence-electron chi connectivity index (χ1n) is 10.8. The number of nitrogens with zero attached hydrogens (tertiary/aromatic N) is 3. The number of hydrogen-bond donors (Lipinski definition) is 2. The number of piperazine rings is 1. The van der Waals surface area contributed by atoms with Gasteiger partial charge in [0.1, 0.15) is 12.1 Å². The topological polar surface area (TPSA) is 53.1 Å². The highest BCUT2D eigenvalue weighted by Gasteiger charge is 2.19. The number of fused-ring (bicyclic) bond motifs is 1. The van der Waals surface area contributed by atoms with Gasteiger partial charge in [0, 0.05) is 56.3 Å². The van der Waals surface area contributed by atoms with Crippen molar-refractivity contribution in [3.8, 4) is 0 Å². The quantitative estimate of drug-likeness (QED) is 0.611. The van der Waals surface area contributed by atoms with Crippen molar-refractivity contribution in [3.63, 3.8) is 0 Å². The molecule has 1 saturated heterocycles. The van der Waals surface area contributed by atoms with Gasteiger partial charge in [0.25, 0.3) is 0 Å². The second-order valence-electron chi connectivity index (χ2n) is 8.10. The molecule has 3 aromatic rings. The third kappa shape index (κ3) is 4.64. The summed E-state index contributed by atoms with van der Waals surface area (Å²) in [4.78, 5) is 11.5. The molecule has 1 aliphatic heterocycles. The Kier molecular flexibility index (Phi) is 5.98. The summed E-state index contributed by atoms with van der Waals surface area (Å²) in [5, 5.41) is 7.61. The highest BCUT2D eigenvalue weighted by Crippen LogP contribution is 2.34. The fourth-order valence-corrected chi connectivity index (χ4v) is 4.43. The van der Waals surface area contributed by atoms with E-state index in [4.69, 9.17) is 11.6 Å². The Labute approximate surface area is 188 Å². The van der Waals surface area contributed by atoms with Gasteiger partial charge in [-0.15, -0.1) is 0 Å². The van der Waals surface area contributed by atoms with Crippen LogP contribution in [0.1, 0.15) is 27.9 Å². The number of rotatable bonds is 6. The van der Waals surface area contributed by atoms with Gasteiger partial charge in [-0.2, -0.15) is 0 Å². The van der Waals surface area contributed by atoms with E-state index in [2.05, 4.69) is 55.8 Å². The Morgan fingerprint density at radius 2 is 1.81 bits per heavy atom. The van der Waals surface area contributed by atoms with Crippen LogP contribution < -0.4 is 10.6 Å². The van der Waals surface area contributed by atoms with Gasteiger partial charge in [-0.05, 0) is 34.4 Å². The predicted molar refractivity (Wildman–Crippen MR) is 127 cm³/mol. The van der Waals surface area contributed by atoms with Crippen LogP contribution in [0.25, 0.3) is 11.6 Å². The molecule has 6 heteroatoms. The second kappa shape index (κ2) is 9.18. The Hall–Kier alpha value is -2.73. The van der Waals surface area contributed by atoms with Crippen LogP contribution in [-0.4, -0.2) is 41.0 Å². The van der Waals surface area contributed by atoms with E-state index in [1.807, 2.05) is 24.3 Å². The normalized spacial score (nSPS) is 16.1. The lowest BCUT2D eigenvalue weighted by Crippen LogP contribution is -2.42. The summed E-state index contributed by atoms with van der Waals surface area (Å²) in [5.41, 5.74) is 7.09. The van der Waals surface area contributed by atoms with E-state index in [0.29, 0.717) is 6.54 Å². The fraction of sp³-hybridized carbons (Fsp3) is 0.280. The largest absolute Gasteiger partial charge is 0.365 e. The van der Waals surface area contributed by atoms with Gasteiger partial charge >= 0.3 is 0 Å². The van der Waals surface area contributed by atoms with Crippen LogP contribution in [0.15, 0.2) is 54.9 Å². The first kappa shape index (κ1) is 20.2. The molecule has 0 atom stereocenters. The van der Waals surface area contributed by atoms with E-state index >= 15 is 0 Å². The van der Waals surface area contributed by atoms with Gasteiger partial charge in [0.05, 0.1) is 5.69 Å². The summed E-state index contributed by atoms with van der Waals surface area (Å²) in [6.45, 7) is 6.04. The molecular formula is C25H26ClN5. The van der Waals surface area contributed by atoms with E-state index in [0.717, 1.165) is 66.8 Å². The molecule has 1 aromatic heterocycles. The molecule has 1 aliphatic carbocycles. The Morgan fingerprint density at radius 1 is 1.00 bits per heavy atom. The first-order valence-corrected chi connectivity index (χ1v) is 11.2. The average molecular weight is 432 g/mol. The van der Waals surface area contributed by atoms with Gasteiger partial charge < -0.3 is 10.6 Å². The molecule has 2 N–H and O–H groups in total. The molecule has 2 aromatic carbocycles. The summed E-state index contributed by atoms with van der Waals surface area (Å²) in [5.74, 6) is 0.857. The molecule has 31 heavy (non-hydrogen) atoms. The van der Waals surface area contributed by atoms with Crippen LogP contribution in [0.2, 0.25) is 5.02 Å². The summed E-state index contributed by atoms with van der Waals surface area (Å²) in [7, 11) is 0. The number of allylic oxidation sites excluding steroid dienone is 1. The number of anilines is 1. The molecular weight excluding hydrogens is 406 g/mol. The minimum Gasteiger partial charge on any atom is -0.365 e. The summed E-state index contributed by atoms with van der Waals surface area (Å²) >= 11 is 6.29. The zero-order valence-corrected chi connectivity index (χ0v) is 18.2. The van der Waals surface area contributed by atoms with Crippen LogP contribution in [0.5, 0.6) is 0 Å². The van der Waals surface area contributed by atoms with Crippen molar-refractivity contribution >= 4 is 29.1 Å². The van der Waals surface area contributed by atoms with E-state index in [9.17, 15) is 0 Å². The molecule has 158 valence electrons. The lowest BCUT2D eigenvalue weighted by molar-refractivity contribution is 0.233. The van der Waals surface area contributed by atoms with Crippen molar-refractivity contribution < 1.29 is 0 Å². The Bertz CT molecular complexity index is 1090. The first-order chi connectivity index (χ1) is 15.3. The lowest BCUT2D eigenvalue weighted by Gasteiger charge is -2.27. The van der Waals surface area contributed by atoms with Crippen LogP contribution in [0, 0.1) is 0 Å². The molecule has 0 bridgehead atoms. The molecule has 0 amide bonds. The monoisotopic (exact) mass is 431 g/mol. The summed E-state index contributed by atoms with van der Waals surface area (Å²) in [6.07, 6.45) is 4.69. The minimum absolute atomic E-state index is 0.632. The number of aromatic nitrogens is 2. The molecule has 0 spiro atoms. The van der Waals surface area contributed by atoms with E-state index in [-0.39, 0.29) is 0 Å². The third-order valence-corrected chi connectivity index (χ3v) is 6.36. The predicted octanol–water partition coefficient (Wildman–Crippen LogP) is 4.24. The van der Waals surface area contributed by atoms with E-state index < -0.39 is 0 Å². The molecule has 0 unspecified atom stereocenters. The third-order valence-electron chi connectivity index (χ3n) is 5.99. The maximum absolute atomic E-state index is 6.29. The van der Waals surface area contributed by atoms with Gasteiger partial charge in [-0.3, -0.25) is 4.90 Å². The van der Waals surface area contributed by atoms with Crippen molar-refractivity contribution in [2.45, 2.75) is 19.5 Å². The molecule has 2 aliphatic rings. The second-order valence-corrected chi connectivity index (χ2v) is 8.50. The van der Waals surface area contributed by atoms with E-state index in [1.165, 1.54) is 16.7 Å². The van der Waals surface area contributed by atoms with Crippen molar-refractivity contribution in [2.75, 3.05) is 31.5 Å². The summed E-state index contributed by atoms with van der Waals surface area (Å²) in [6, 6.07) is 16.9. The number of halogens is 1. The Morgan fingerprint density at radius 3 is 2.61 bits per heavy atom. The maximum atomic E-state index is 6.29. The average Bonchev–Trinajstić information content (AvgIpc) is 3.25. The van der Waals surface area contributed by atoms with Crippen molar-refractivity contribution in [1.29, 1.82) is 0 Å². The van der Waals surface area contributed by atoms with Gasteiger partial charge in [0.15, 0.2) is 0 Å². The number of benzene rings is 2. The zero-order valence-electron chi connectivity index (χ0n) is 17.4. The van der Waals surface area contributed by atoms with Crippen LogP contribution >= 0.6 is 11.6 Å². The number of nitrogens with one attached hydrogen (secondary N) is 2. The summed E-state index contributed by atoms with van der Waals surface area (Å²) < 4.78 is 0. The molecule has 2 heterocycles. The van der Waals surface area contributed by atoms with Gasteiger partial charge in [-0.25, -0.2) is 9.97 Å². The van der Waals surface area contributed by atoms with Crippen LogP contribution in [0.4, 0.5) is 5.82 Å². The zero-order chi connectivity index (χ0) is 21.0.